The molecule has 1 heterocycles. The van der Waals surface area contributed by atoms with Crippen molar-refractivity contribution in [2.75, 3.05) is 0 Å². The predicted octanol–water partition coefficient (Wildman–Crippen LogP) is 6.38. The van der Waals surface area contributed by atoms with Crippen molar-refractivity contribution in [2.45, 2.75) is 46.5 Å². The topological polar surface area (TPSA) is 42.2 Å². The summed E-state index contributed by atoms with van der Waals surface area (Å²) in [6.45, 7) is 7.05. The van der Waals surface area contributed by atoms with E-state index in [-0.39, 0.29) is 0 Å². The minimum absolute atomic E-state index is 0.324. The van der Waals surface area contributed by atoms with E-state index in [1.807, 2.05) is 18.2 Å². The molecule has 1 unspecified atom stereocenters. The van der Waals surface area contributed by atoms with Gasteiger partial charge in [-0.25, -0.2) is 4.79 Å². The van der Waals surface area contributed by atoms with Gasteiger partial charge in [0.15, 0.2) is 0 Å². The molecule has 0 amide bonds. The van der Waals surface area contributed by atoms with E-state index < -0.39 is 5.97 Å². The molecular weight excluding hydrogens is 358 g/mol. The van der Waals surface area contributed by atoms with Gasteiger partial charge < -0.3 is 9.67 Å². The van der Waals surface area contributed by atoms with Crippen molar-refractivity contribution >= 4 is 5.97 Å². The number of carboxylic acids is 1. The van der Waals surface area contributed by atoms with Gasteiger partial charge in [-0.2, -0.15) is 0 Å². The number of aromatic nitrogens is 1. The Morgan fingerprint density at radius 2 is 1.86 bits per heavy atom. The van der Waals surface area contributed by atoms with Gasteiger partial charge >= 0.3 is 5.97 Å². The lowest BCUT2D eigenvalue weighted by Crippen LogP contribution is -2.29. The molecule has 150 valence electrons. The van der Waals surface area contributed by atoms with Crippen molar-refractivity contribution < 1.29 is 9.90 Å². The van der Waals surface area contributed by atoms with Crippen LogP contribution in [0.25, 0.3) is 16.9 Å². The highest BCUT2D eigenvalue weighted by Gasteiger charge is 2.33. The number of hydrogen-bond acceptors (Lipinski definition) is 1. The predicted molar refractivity (Wildman–Crippen MR) is 118 cm³/mol. The third-order valence-electron chi connectivity index (χ3n) is 6.83. The lowest BCUT2D eigenvalue weighted by atomic mass is 9.69. The maximum Gasteiger partial charge on any atom is 0.335 e. The summed E-state index contributed by atoms with van der Waals surface area (Å²) in [6, 6.07) is 20.0. The molecule has 3 aromatic rings. The molecule has 1 aliphatic rings. The summed E-state index contributed by atoms with van der Waals surface area (Å²) >= 11 is 0. The van der Waals surface area contributed by atoms with Crippen molar-refractivity contribution in [3.05, 3.63) is 77.5 Å². The first kappa shape index (κ1) is 19.5. The molecule has 1 atom stereocenters. The number of fused-ring (bicyclic) bond motifs is 1. The SMILES string of the molecule is CCC(C)(C)C1CCc2c(cc(-c3ccccc3)n2-c2cccc(C(=O)O)c2)C1. The zero-order valence-electron chi connectivity index (χ0n) is 17.5. The standard InChI is InChI=1S/C26H29NO2/c1-4-26(2,3)21-13-14-23-20(15-21)17-24(18-9-6-5-7-10-18)27(23)22-12-8-11-19(16-22)25(28)29/h5-12,16-17,21H,4,13-15H2,1-3H3,(H,28,29). The molecule has 0 spiro atoms. The Morgan fingerprint density at radius 3 is 2.55 bits per heavy atom. The van der Waals surface area contributed by atoms with E-state index in [0.717, 1.165) is 29.8 Å². The number of nitrogens with zero attached hydrogens (tertiary/aromatic N) is 1. The largest absolute Gasteiger partial charge is 0.478 e. The van der Waals surface area contributed by atoms with Gasteiger partial charge in [0.2, 0.25) is 0 Å². The molecule has 0 radical (unpaired) electrons. The van der Waals surface area contributed by atoms with Crippen LogP contribution in [0.3, 0.4) is 0 Å². The summed E-state index contributed by atoms with van der Waals surface area (Å²) in [5, 5.41) is 9.47. The fraction of sp³-hybridized carbons (Fsp3) is 0.346. The Morgan fingerprint density at radius 1 is 1.10 bits per heavy atom. The van der Waals surface area contributed by atoms with Gasteiger partial charge in [0.05, 0.1) is 11.3 Å². The van der Waals surface area contributed by atoms with Gasteiger partial charge in [0.25, 0.3) is 0 Å². The Labute approximate surface area is 173 Å². The van der Waals surface area contributed by atoms with E-state index in [4.69, 9.17) is 0 Å². The van der Waals surface area contributed by atoms with Crippen LogP contribution in [0.2, 0.25) is 0 Å². The highest BCUT2D eigenvalue weighted by Crippen LogP contribution is 2.42. The monoisotopic (exact) mass is 387 g/mol. The van der Waals surface area contributed by atoms with E-state index in [9.17, 15) is 9.90 Å². The van der Waals surface area contributed by atoms with E-state index in [1.165, 1.54) is 24.1 Å². The number of aromatic carboxylic acids is 1. The second kappa shape index (κ2) is 7.55. The molecule has 3 heteroatoms. The molecule has 1 aromatic heterocycles. The van der Waals surface area contributed by atoms with Crippen LogP contribution in [0.4, 0.5) is 0 Å². The summed E-state index contributed by atoms with van der Waals surface area (Å²) in [7, 11) is 0. The smallest absolute Gasteiger partial charge is 0.335 e. The highest BCUT2D eigenvalue weighted by molar-refractivity contribution is 5.88. The van der Waals surface area contributed by atoms with Crippen molar-refractivity contribution in [2.24, 2.45) is 11.3 Å². The second-order valence-corrected chi connectivity index (χ2v) is 8.84. The molecule has 0 bridgehead atoms. The van der Waals surface area contributed by atoms with Gasteiger partial charge in [-0.15, -0.1) is 0 Å². The lowest BCUT2D eigenvalue weighted by molar-refractivity contribution is 0.0697. The molecule has 0 aliphatic heterocycles. The van der Waals surface area contributed by atoms with Crippen LogP contribution in [0.5, 0.6) is 0 Å². The van der Waals surface area contributed by atoms with Crippen molar-refractivity contribution in [1.82, 2.24) is 4.57 Å². The van der Waals surface area contributed by atoms with Crippen molar-refractivity contribution in [1.29, 1.82) is 0 Å². The van der Waals surface area contributed by atoms with Crippen LogP contribution in [0.15, 0.2) is 60.7 Å². The van der Waals surface area contributed by atoms with Crippen LogP contribution in [-0.2, 0) is 12.8 Å². The van der Waals surface area contributed by atoms with Crippen LogP contribution < -0.4 is 0 Å². The molecule has 3 nitrogen and oxygen atoms in total. The number of hydrogen-bond donors (Lipinski definition) is 1. The second-order valence-electron chi connectivity index (χ2n) is 8.84. The van der Waals surface area contributed by atoms with Gasteiger partial charge in [0, 0.05) is 11.4 Å². The van der Waals surface area contributed by atoms with E-state index >= 15 is 0 Å². The number of rotatable bonds is 5. The third-order valence-corrected chi connectivity index (χ3v) is 6.83. The normalized spacial score (nSPS) is 16.4. The van der Waals surface area contributed by atoms with Gasteiger partial charge in [-0.05, 0) is 66.0 Å². The van der Waals surface area contributed by atoms with Crippen LogP contribution in [0.1, 0.15) is 55.2 Å². The lowest BCUT2D eigenvalue weighted by Gasteiger charge is -2.36. The first-order valence-corrected chi connectivity index (χ1v) is 10.5. The zero-order valence-corrected chi connectivity index (χ0v) is 17.5. The summed E-state index contributed by atoms with van der Waals surface area (Å²) in [4.78, 5) is 11.5. The average Bonchev–Trinajstić information content (AvgIpc) is 3.13. The molecule has 0 fully saturated rings. The first-order chi connectivity index (χ1) is 13.9. The Hall–Kier alpha value is -2.81. The Kier molecular flexibility index (Phi) is 5.08. The fourth-order valence-corrected chi connectivity index (χ4v) is 4.58. The summed E-state index contributed by atoms with van der Waals surface area (Å²) in [5.74, 6) is -0.219. The van der Waals surface area contributed by atoms with E-state index in [2.05, 4.69) is 55.7 Å². The van der Waals surface area contributed by atoms with E-state index in [0.29, 0.717) is 16.9 Å². The maximum atomic E-state index is 11.5. The van der Waals surface area contributed by atoms with E-state index in [1.54, 1.807) is 12.1 Å². The molecule has 29 heavy (non-hydrogen) atoms. The number of benzene rings is 2. The fourth-order valence-electron chi connectivity index (χ4n) is 4.58. The summed E-state index contributed by atoms with van der Waals surface area (Å²) < 4.78 is 2.28. The minimum Gasteiger partial charge on any atom is -0.478 e. The van der Waals surface area contributed by atoms with Gasteiger partial charge in [-0.1, -0.05) is 63.6 Å². The van der Waals surface area contributed by atoms with Crippen LogP contribution in [-0.4, -0.2) is 15.6 Å². The van der Waals surface area contributed by atoms with Crippen LogP contribution in [0, 0.1) is 11.3 Å². The van der Waals surface area contributed by atoms with Crippen molar-refractivity contribution in [3.8, 4) is 16.9 Å². The summed E-state index contributed by atoms with van der Waals surface area (Å²) in [5.41, 5.74) is 6.62. The molecule has 1 aliphatic carbocycles. The zero-order chi connectivity index (χ0) is 20.6. The molecule has 4 rings (SSSR count). The molecule has 0 saturated carbocycles. The summed E-state index contributed by atoms with van der Waals surface area (Å²) in [6.07, 6.45) is 4.46. The molecule has 0 saturated heterocycles. The Bertz CT molecular complexity index is 1030. The molecule has 1 N–H and O–H groups in total. The number of carboxylic acid groups (broad SMARTS) is 1. The molecule has 2 aromatic carbocycles. The highest BCUT2D eigenvalue weighted by atomic mass is 16.4. The Balaban J connectivity index is 1.87. The van der Waals surface area contributed by atoms with Crippen LogP contribution >= 0.6 is 0 Å². The third kappa shape index (κ3) is 3.62. The first-order valence-electron chi connectivity index (χ1n) is 10.5. The van der Waals surface area contributed by atoms with Gasteiger partial charge in [-0.3, -0.25) is 0 Å². The molecular formula is C26H29NO2. The quantitative estimate of drug-likeness (QED) is 0.551. The minimum atomic E-state index is -0.890. The maximum absolute atomic E-state index is 11.5. The van der Waals surface area contributed by atoms with Crippen molar-refractivity contribution in [3.63, 3.8) is 0 Å². The average molecular weight is 388 g/mol. The number of carbonyl (C=O) groups is 1. The van der Waals surface area contributed by atoms with Gasteiger partial charge in [0.1, 0.15) is 0 Å².